The summed E-state index contributed by atoms with van der Waals surface area (Å²) in [5.41, 5.74) is 0. The normalized spacial score (nSPS) is 23.4. The van der Waals surface area contributed by atoms with Gasteiger partial charge in [0.15, 0.2) is 0 Å². The number of rotatable bonds is 4. The Morgan fingerprint density at radius 3 is 3.00 bits per heavy atom. The molecule has 1 atom stereocenters. The van der Waals surface area contributed by atoms with Gasteiger partial charge in [-0.1, -0.05) is 15.9 Å². The molecule has 0 aromatic heterocycles. The van der Waals surface area contributed by atoms with Crippen molar-refractivity contribution in [1.82, 2.24) is 10.2 Å². The standard InChI is InChI=1S/C9H17BrN2O/c1-12-6-2-3-8(12)7-11-9(13)4-5-10/h8H,2-7H2,1H3,(H,11,13). The van der Waals surface area contributed by atoms with Gasteiger partial charge >= 0.3 is 0 Å². The molecule has 13 heavy (non-hydrogen) atoms. The van der Waals surface area contributed by atoms with Crippen molar-refractivity contribution in [2.45, 2.75) is 25.3 Å². The maximum absolute atomic E-state index is 11.1. The van der Waals surface area contributed by atoms with Gasteiger partial charge in [0.2, 0.25) is 5.91 Å². The van der Waals surface area contributed by atoms with Crippen molar-refractivity contribution >= 4 is 21.8 Å². The van der Waals surface area contributed by atoms with Gasteiger partial charge in [-0.25, -0.2) is 0 Å². The Morgan fingerprint density at radius 1 is 1.69 bits per heavy atom. The second-order valence-electron chi connectivity index (χ2n) is 3.52. The molecular formula is C9H17BrN2O. The molecule has 0 saturated carbocycles. The van der Waals surface area contributed by atoms with E-state index in [-0.39, 0.29) is 5.91 Å². The molecule has 1 aliphatic heterocycles. The van der Waals surface area contributed by atoms with Gasteiger partial charge in [-0.3, -0.25) is 4.79 Å². The van der Waals surface area contributed by atoms with Crippen LogP contribution in [0.4, 0.5) is 0 Å². The molecule has 1 heterocycles. The number of carbonyl (C=O) groups excluding carboxylic acids is 1. The molecule has 1 unspecified atom stereocenters. The maximum Gasteiger partial charge on any atom is 0.220 e. The Hall–Kier alpha value is -0.0900. The first-order valence-corrected chi connectivity index (χ1v) is 5.89. The predicted octanol–water partition coefficient (Wildman–Crippen LogP) is 0.982. The molecule has 76 valence electrons. The van der Waals surface area contributed by atoms with Crippen LogP contribution >= 0.6 is 15.9 Å². The van der Waals surface area contributed by atoms with Gasteiger partial charge in [0.25, 0.3) is 0 Å². The molecule has 0 aliphatic carbocycles. The monoisotopic (exact) mass is 248 g/mol. The Balaban J connectivity index is 2.14. The Bertz CT molecular complexity index is 175. The summed E-state index contributed by atoms with van der Waals surface area (Å²) < 4.78 is 0. The largest absolute Gasteiger partial charge is 0.355 e. The van der Waals surface area contributed by atoms with Crippen molar-refractivity contribution in [3.8, 4) is 0 Å². The fourth-order valence-corrected chi connectivity index (χ4v) is 2.00. The van der Waals surface area contributed by atoms with Gasteiger partial charge in [-0.15, -0.1) is 0 Å². The van der Waals surface area contributed by atoms with Crippen LogP contribution in [0.15, 0.2) is 0 Å². The fraction of sp³-hybridized carbons (Fsp3) is 0.889. The third kappa shape index (κ3) is 3.65. The van der Waals surface area contributed by atoms with E-state index in [4.69, 9.17) is 0 Å². The lowest BCUT2D eigenvalue weighted by molar-refractivity contribution is -0.120. The summed E-state index contributed by atoms with van der Waals surface area (Å²) in [4.78, 5) is 13.5. The van der Waals surface area contributed by atoms with Crippen LogP contribution in [-0.4, -0.2) is 42.3 Å². The van der Waals surface area contributed by atoms with Crippen LogP contribution in [0.25, 0.3) is 0 Å². The molecule has 1 N–H and O–H groups in total. The van der Waals surface area contributed by atoms with Gasteiger partial charge in [-0.05, 0) is 26.4 Å². The third-order valence-corrected chi connectivity index (χ3v) is 2.92. The third-order valence-electron chi connectivity index (χ3n) is 2.53. The lowest BCUT2D eigenvalue weighted by atomic mass is 10.2. The highest BCUT2D eigenvalue weighted by molar-refractivity contribution is 9.09. The summed E-state index contributed by atoms with van der Waals surface area (Å²) in [5.74, 6) is 0.150. The zero-order valence-corrected chi connectivity index (χ0v) is 9.64. The molecule has 0 aromatic rings. The second kappa shape index (κ2) is 5.60. The van der Waals surface area contributed by atoms with Crippen LogP contribution in [0.1, 0.15) is 19.3 Å². The minimum absolute atomic E-state index is 0.150. The number of halogens is 1. The van der Waals surface area contributed by atoms with Crippen molar-refractivity contribution in [2.75, 3.05) is 25.5 Å². The van der Waals surface area contributed by atoms with Crippen LogP contribution in [0.5, 0.6) is 0 Å². The summed E-state index contributed by atoms with van der Waals surface area (Å²) in [6, 6.07) is 0.555. The van der Waals surface area contributed by atoms with E-state index in [0.717, 1.165) is 11.9 Å². The van der Waals surface area contributed by atoms with E-state index in [1.165, 1.54) is 19.4 Å². The molecule has 0 bridgehead atoms. The SMILES string of the molecule is CN1CCCC1CNC(=O)CCBr. The summed E-state index contributed by atoms with van der Waals surface area (Å²) in [6.07, 6.45) is 3.05. The molecule has 0 spiro atoms. The van der Waals surface area contributed by atoms with Crippen molar-refractivity contribution in [3.63, 3.8) is 0 Å². The quantitative estimate of drug-likeness (QED) is 0.753. The number of nitrogens with one attached hydrogen (secondary N) is 1. The molecule has 3 nitrogen and oxygen atoms in total. The average Bonchev–Trinajstić information content (AvgIpc) is 2.48. The van der Waals surface area contributed by atoms with Crippen molar-refractivity contribution in [3.05, 3.63) is 0 Å². The first kappa shape index (κ1) is 11.0. The highest BCUT2D eigenvalue weighted by Gasteiger charge is 2.20. The molecule has 4 heteroatoms. The van der Waals surface area contributed by atoms with E-state index in [0.29, 0.717) is 12.5 Å². The predicted molar refractivity (Wildman–Crippen MR) is 57.1 cm³/mol. The van der Waals surface area contributed by atoms with E-state index < -0.39 is 0 Å². The highest BCUT2D eigenvalue weighted by atomic mass is 79.9. The second-order valence-corrected chi connectivity index (χ2v) is 4.31. The number of alkyl halides is 1. The highest BCUT2D eigenvalue weighted by Crippen LogP contribution is 2.13. The number of carbonyl (C=O) groups is 1. The minimum atomic E-state index is 0.150. The van der Waals surface area contributed by atoms with E-state index in [1.807, 2.05) is 0 Å². The van der Waals surface area contributed by atoms with Crippen LogP contribution in [0, 0.1) is 0 Å². The average molecular weight is 249 g/mol. The molecule has 1 saturated heterocycles. The summed E-state index contributed by atoms with van der Waals surface area (Å²) in [7, 11) is 2.12. The van der Waals surface area contributed by atoms with Gasteiger partial charge < -0.3 is 10.2 Å². The zero-order valence-electron chi connectivity index (χ0n) is 8.05. The summed E-state index contributed by atoms with van der Waals surface area (Å²) in [5, 5.41) is 3.69. The fourth-order valence-electron chi connectivity index (χ4n) is 1.64. The minimum Gasteiger partial charge on any atom is -0.355 e. The van der Waals surface area contributed by atoms with Gasteiger partial charge in [0.1, 0.15) is 0 Å². The number of nitrogens with zero attached hydrogens (tertiary/aromatic N) is 1. The molecule has 0 aromatic carbocycles. The zero-order chi connectivity index (χ0) is 9.68. The smallest absolute Gasteiger partial charge is 0.220 e. The lowest BCUT2D eigenvalue weighted by Gasteiger charge is -2.19. The van der Waals surface area contributed by atoms with Crippen LogP contribution < -0.4 is 5.32 Å². The van der Waals surface area contributed by atoms with Crippen molar-refractivity contribution in [1.29, 1.82) is 0 Å². The Kier molecular flexibility index (Phi) is 4.73. The van der Waals surface area contributed by atoms with Crippen molar-refractivity contribution < 1.29 is 4.79 Å². The summed E-state index contributed by atoms with van der Waals surface area (Å²) in [6.45, 7) is 1.97. The van der Waals surface area contributed by atoms with Crippen LogP contribution in [0.2, 0.25) is 0 Å². The number of likely N-dealkylation sites (tertiary alicyclic amines) is 1. The van der Waals surface area contributed by atoms with Crippen molar-refractivity contribution in [2.24, 2.45) is 0 Å². The number of likely N-dealkylation sites (N-methyl/N-ethyl adjacent to an activating group) is 1. The molecule has 1 rings (SSSR count). The van der Waals surface area contributed by atoms with E-state index in [2.05, 4.69) is 33.2 Å². The van der Waals surface area contributed by atoms with E-state index >= 15 is 0 Å². The Labute approximate surface area is 88.0 Å². The number of hydrogen-bond acceptors (Lipinski definition) is 2. The number of amides is 1. The maximum atomic E-state index is 11.1. The molecule has 0 radical (unpaired) electrons. The van der Waals surface area contributed by atoms with E-state index in [1.54, 1.807) is 0 Å². The Morgan fingerprint density at radius 2 is 2.46 bits per heavy atom. The van der Waals surface area contributed by atoms with Crippen LogP contribution in [-0.2, 0) is 4.79 Å². The van der Waals surface area contributed by atoms with Gasteiger partial charge in [-0.2, -0.15) is 0 Å². The molecular weight excluding hydrogens is 232 g/mol. The van der Waals surface area contributed by atoms with Gasteiger partial charge in [0.05, 0.1) is 0 Å². The van der Waals surface area contributed by atoms with E-state index in [9.17, 15) is 4.79 Å². The first-order valence-electron chi connectivity index (χ1n) is 4.77. The van der Waals surface area contributed by atoms with Crippen LogP contribution in [0.3, 0.4) is 0 Å². The molecule has 1 aliphatic rings. The molecule has 1 amide bonds. The summed E-state index contributed by atoms with van der Waals surface area (Å²) >= 11 is 3.24. The topological polar surface area (TPSA) is 32.3 Å². The molecule has 1 fully saturated rings. The van der Waals surface area contributed by atoms with Gasteiger partial charge in [0, 0.05) is 24.3 Å². The lowest BCUT2D eigenvalue weighted by Crippen LogP contribution is -2.38. The first-order chi connectivity index (χ1) is 6.24. The number of hydrogen-bond donors (Lipinski definition) is 1.